The number of rotatable bonds is 5. The molecule has 166 valence electrons. The molecule has 4 rings (SSSR count). The average Bonchev–Trinajstić information content (AvgIpc) is 3.35. The van der Waals surface area contributed by atoms with E-state index in [1.807, 2.05) is 59.9 Å². The topological polar surface area (TPSA) is 58.4 Å². The molecule has 1 atom stereocenters. The van der Waals surface area contributed by atoms with Gasteiger partial charge in [-0.15, -0.1) is 11.3 Å². The molecule has 7 heteroatoms. The van der Waals surface area contributed by atoms with Crippen LogP contribution in [0.15, 0.2) is 60.1 Å². The number of hydrogen-bond acceptors (Lipinski definition) is 4. The van der Waals surface area contributed by atoms with Gasteiger partial charge in [0.25, 0.3) is 0 Å². The van der Waals surface area contributed by atoms with Crippen LogP contribution >= 0.6 is 11.3 Å². The summed E-state index contributed by atoms with van der Waals surface area (Å²) >= 11 is 1.39. The highest BCUT2D eigenvalue weighted by Crippen LogP contribution is 2.31. The molecule has 1 unspecified atom stereocenters. The smallest absolute Gasteiger partial charge is 0.247 e. The lowest BCUT2D eigenvalue weighted by Crippen LogP contribution is -2.34. The zero-order chi connectivity index (χ0) is 22.5. The summed E-state index contributed by atoms with van der Waals surface area (Å²) in [5.41, 5.74) is 2.62. The van der Waals surface area contributed by atoms with Gasteiger partial charge in [-0.25, -0.2) is 4.98 Å². The molecule has 0 saturated carbocycles. The second-order valence-corrected chi connectivity index (χ2v) is 8.86. The molecule has 0 N–H and O–H groups in total. The number of anilines is 2. The van der Waals surface area contributed by atoms with Crippen LogP contribution in [0.25, 0.3) is 6.08 Å². The number of benzene rings is 1. The molecule has 32 heavy (non-hydrogen) atoms. The van der Waals surface area contributed by atoms with Crippen molar-refractivity contribution < 1.29 is 9.59 Å². The van der Waals surface area contributed by atoms with Gasteiger partial charge in [0.1, 0.15) is 0 Å². The molecule has 1 aliphatic rings. The summed E-state index contributed by atoms with van der Waals surface area (Å²) in [6.07, 6.45) is 9.65. The maximum atomic E-state index is 13.2. The van der Waals surface area contributed by atoms with E-state index < -0.39 is 0 Å². The molecular weight excluding hydrogens is 420 g/mol. The van der Waals surface area contributed by atoms with Crippen LogP contribution in [0.5, 0.6) is 0 Å². The van der Waals surface area contributed by atoms with Crippen LogP contribution < -0.4 is 4.90 Å². The van der Waals surface area contributed by atoms with Crippen molar-refractivity contribution in [1.82, 2.24) is 14.5 Å². The van der Waals surface area contributed by atoms with Crippen molar-refractivity contribution in [2.75, 3.05) is 11.4 Å². The van der Waals surface area contributed by atoms with Gasteiger partial charge in [0.15, 0.2) is 5.13 Å². The van der Waals surface area contributed by atoms with Gasteiger partial charge < -0.3 is 9.47 Å². The number of hydrogen-bond donors (Lipinski definition) is 0. The summed E-state index contributed by atoms with van der Waals surface area (Å²) < 4.78 is 2.10. The highest BCUT2D eigenvalue weighted by molar-refractivity contribution is 7.14. The lowest BCUT2D eigenvalue weighted by molar-refractivity contribution is -0.128. The van der Waals surface area contributed by atoms with Gasteiger partial charge in [0, 0.05) is 43.9 Å². The van der Waals surface area contributed by atoms with Crippen molar-refractivity contribution in [3.05, 3.63) is 71.5 Å². The molecule has 2 amide bonds. The maximum Gasteiger partial charge on any atom is 0.247 e. The third kappa shape index (κ3) is 4.83. The first-order valence-corrected chi connectivity index (χ1v) is 11.8. The normalized spacial score (nSPS) is 16.8. The van der Waals surface area contributed by atoms with E-state index in [0.717, 1.165) is 37.9 Å². The predicted octanol–water partition coefficient (Wildman–Crippen LogP) is 5.32. The summed E-state index contributed by atoms with van der Waals surface area (Å²) in [6, 6.07) is 13.7. The van der Waals surface area contributed by atoms with E-state index in [9.17, 15) is 9.59 Å². The van der Waals surface area contributed by atoms with Gasteiger partial charge in [0.05, 0.1) is 17.4 Å². The van der Waals surface area contributed by atoms with Gasteiger partial charge in [-0.1, -0.05) is 31.0 Å². The van der Waals surface area contributed by atoms with Gasteiger partial charge in [-0.3, -0.25) is 14.5 Å². The second-order valence-electron chi connectivity index (χ2n) is 8.02. The summed E-state index contributed by atoms with van der Waals surface area (Å²) in [7, 11) is 2.03. The molecule has 0 aliphatic carbocycles. The number of thiazole rings is 1. The lowest BCUT2D eigenvalue weighted by Gasteiger charge is -2.29. The third-order valence-electron chi connectivity index (χ3n) is 5.79. The zero-order valence-corrected chi connectivity index (χ0v) is 19.3. The minimum atomic E-state index is -0.105. The average molecular weight is 449 g/mol. The van der Waals surface area contributed by atoms with E-state index in [2.05, 4.69) is 15.6 Å². The molecule has 2 aromatic heterocycles. The van der Waals surface area contributed by atoms with E-state index in [4.69, 9.17) is 0 Å². The van der Waals surface area contributed by atoms with E-state index in [0.29, 0.717) is 10.8 Å². The summed E-state index contributed by atoms with van der Waals surface area (Å²) in [5.74, 6) is -0.105. The lowest BCUT2D eigenvalue weighted by atomic mass is 10.1. The van der Waals surface area contributed by atoms with Crippen LogP contribution in [-0.4, -0.2) is 32.8 Å². The standard InChI is InChI=1S/C25H28N4O2S/c1-19(30)29(21-10-5-3-6-11-21)25-26-20(18-32-25)14-15-24(31)28-17-8-4-7-12-23(28)22-13-9-16-27(22)2/h3,5-6,9-11,13-16,18,23H,4,7-8,12,17H2,1-2H3/b15-14+. The SMILES string of the molecule is CC(=O)N(c1ccccc1)c1nc(/C=C/C(=O)N2CCCCCC2c2cccn2C)cs1. The Bertz CT molecular complexity index is 1100. The third-order valence-corrected chi connectivity index (χ3v) is 6.63. The minimum Gasteiger partial charge on any atom is -0.353 e. The fourth-order valence-corrected chi connectivity index (χ4v) is 5.07. The number of amides is 2. The van der Waals surface area contributed by atoms with Crippen LogP contribution in [0, 0.1) is 0 Å². The molecule has 3 aromatic rings. The number of aryl methyl sites for hydroxylation is 1. The second kappa shape index (κ2) is 9.96. The summed E-state index contributed by atoms with van der Waals surface area (Å²) in [6.45, 7) is 2.28. The Morgan fingerprint density at radius 1 is 1.12 bits per heavy atom. The quantitative estimate of drug-likeness (QED) is 0.496. The molecule has 3 heterocycles. The van der Waals surface area contributed by atoms with Crippen molar-refractivity contribution in [2.45, 2.75) is 38.6 Å². The van der Waals surface area contributed by atoms with Crippen LogP contribution in [0.1, 0.15) is 50.0 Å². The molecule has 0 radical (unpaired) electrons. The predicted molar refractivity (Wildman–Crippen MR) is 129 cm³/mol. The minimum absolute atomic E-state index is 0.000802. The van der Waals surface area contributed by atoms with Crippen molar-refractivity contribution in [3.63, 3.8) is 0 Å². The van der Waals surface area contributed by atoms with Crippen LogP contribution in [0.3, 0.4) is 0 Å². The number of para-hydroxylation sites is 1. The molecule has 1 aromatic carbocycles. The van der Waals surface area contributed by atoms with E-state index in [-0.39, 0.29) is 17.9 Å². The molecule has 0 spiro atoms. The fraction of sp³-hybridized carbons (Fsp3) is 0.320. The van der Waals surface area contributed by atoms with Crippen LogP contribution in [-0.2, 0) is 16.6 Å². The monoisotopic (exact) mass is 448 g/mol. The van der Waals surface area contributed by atoms with Crippen molar-refractivity contribution in [3.8, 4) is 0 Å². The molecule has 1 fully saturated rings. The van der Waals surface area contributed by atoms with E-state index >= 15 is 0 Å². The maximum absolute atomic E-state index is 13.2. The number of nitrogens with zero attached hydrogens (tertiary/aromatic N) is 4. The van der Waals surface area contributed by atoms with Gasteiger partial charge >= 0.3 is 0 Å². The Morgan fingerprint density at radius 2 is 1.94 bits per heavy atom. The Kier molecular flexibility index (Phi) is 6.85. The first-order valence-electron chi connectivity index (χ1n) is 11.0. The molecular formula is C25H28N4O2S. The Balaban J connectivity index is 1.52. The summed E-state index contributed by atoms with van der Waals surface area (Å²) in [5, 5.41) is 2.46. The van der Waals surface area contributed by atoms with E-state index in [1.54, 1.807) is 17.1 Å². The van der Waals surface area contributed by atoms with Gasteiger partial charge in [-0.05, 0) is 43.2 Å². The van der Waals surface area contributed by atoms with Crippen molar-refractivity contribution in [1.29, 1.82) is 0 Å². The van der Waals surface area contributed by atoms with Crippen molar-refractivity contribution >= 4 is 40.0 Å². The van der Waals surface area contributed by atoms with Gasteiger partial charge in [0.2, 0.25) is 11.8 Å². The Labute approximate surface area is 192 Å². The highest BCUT2D eigenvalue weighted by atomic mass is 32.1. The number of carbonyl (C=O) groups is 2. The first kappa shape index (κ1) is 22.0. The molecule has 1 saturated heterocycles. The zero-order valence-electron chi connectivity index (χ0n) is 18.5. The Morgan fingerprint density at radius 3 is 2.66 bits per heavy atom. The first-order chi connectivity index (χ1) is 15.5. The molecule has 1 aliphatic heterocycles. The van der Waals surface area contributed by atoms with Crippen molar-refractivity contribution in [2.24, 2.45) is 7.05 Å². The molecule has 6 nitrogen and oxygen atoms in total. The van der Waals surface area contributed by atoms with E-state index in [1.165, 1.54) is 24.0 Å². The fourth-order valence-electron chi connectivity index (χ4n) is 4.21. The highest BCUT2D eigenvalue weighted by Gasteiger charge is 2.27. The molecule has 0 bridgehead atoms. The Hall–Kier alpha value is -3.19. The van der Waals surface area contributed by atoms with Gasteiger partial charge in [-0.2, -0.15) is 0 Å². The number of carbonyl (C=O) groups excluding carboxylic acids is 2. The largest absolute Gasteiger partial charge is 0.353 e. The summed E-state index contributed by atoms with van der Waals surface area (Å²) in [4.78, 5) is 33.6. The van der Waals surface area contributed by atoms with Crippen LogP contribution in [0.4, 0.5) is 10.8 Å². The van der Waals surface area contributed by atoms with Crippen LogP contribution in [0.2, 0.25) is 0 Å². The number of likely N-dealkylation sites (tertiary alicyclic amines) is 1. The number of aromatic nitrogens is 2.